The molecule has 144 valence electrons. The van der Waals surface area contributed by atoms with Crippen molar-refractivity contribution >= 4 is 28.4 Å². The lowest BCUT2D eigenvalue weighted by atomic mass is 10.0. The highest BCUT2D eigenvalue weighted by molar-refractivity contribution is 6.05. The van der Waals surface area contributed by atoms with Gasteiger partial charge in [-0.2, -0.15) is 5.26 Å². The second-order valence-electron chi connectivity index (χ2n) is 6.38. The van der Waals surface area contributed by atoms with Crippen molar-refractivity contribution in [2.45, 2.75) is 0 Å². The molecule has 0 aliphatic heterocycles. The van der Waals surface area contributed by atoms with E-state index in [0.29, 0.717) is 28.2 Å². The fraction of sp³-hybridized carbons (Fsp3) is 0. The number of hydrogen-bond donors (Lipinski definition) is 1. The minimum atomic E-state index is -0.539. The maximum absolute atomic E-state index is 12.6. The molecule has 8 nitrogen and oxygen atoms in total. The van der Waals surface area contributed by atoms with Crippen LogP contribution in [-0.4, -0.2) is 20.8 Å². The summed E-state index contributed by atoms with van der Waals surface area (Å²) in [6.45, 7) is 0. The second-order valence-corrected chi connectivity index (χ2v) is 6.38. The van der Waals surface area contributed by atoms with Gasteiger partial charge in [0.05, 0.1) is 22.1 Å². The number of aromatic nitrogens is 2. The maximum atomic E-state index is 12.6. The predicted octanol–water partition coefficient (Wildman–Crippen LogP) is 4.33. The van der Waals surface area contributed by atoms with E-state index in [1.54, 1.807) is 48.7 Å². The van der Waals surface area contributed by atoms with Gasteiger partial charge in [0.25, 0.3) is 11.6 Å². The third-order valence-corrected chi connectivity index (χ3v) is 4.49. The number of nitrogens with zero attached hydrogens (tertiary/aromatic N) is 4. The third kappa shape index (κ3) is 3.68. The molecule has 1 amide bonds. The quantitative estimate of drug-likeness (QED) is 0.405. The highest BCUT2D eigenvalue weighted by Crippen LogP contribution is 2.31. The lowest BCUT2D eigenvalue weighted by molar-refractivity contribution is -0.384. The van der Waals surface area contributed by atoms with Crippen molar-refractivity contribution in [3.05, 3.63) is 94.2 Å². The molecule has 2 aromatic heterocycles. The van der Waals surface area contributed by atoms with Crippen LogP contribution in [0.5, 0.6) is 0 Å². The summed E-state index contributed by atoms with van der Waals surface area (Å²) in [4.78, 5) is 32.1. The Kier molecular flexibility index (Phi) is 4.85. The average molecular weight is 395 g/mol. The van der Waals surface area contributed by atoms with Crippen LogP contribution in [0.15, 0.2) is 72.9 Å². The molecule has 4 rings (SSSR count). The first kappa shape index (κ1) is 18.7. The average Bonchev–Trinajstić information content (AvgIpc) is 2.78. The van der Waals surface area contributed by atoms with E-state index in [4.69, 9.17) is 5.26 Å². The Labute approximate surface area is 170 Å². The van der Waals surface area contributed by atoms with E-state index in [-0.39, 0.29) is 11.3 Å². The standard InChI is InChI=1S/C22H13N5O3/c23-13-14-3-5-15(6-4-14)18-9-7-17(12-19(18)27(29)30)22(28)26-20-10-8-16-2-1-11-24-21(16)25-20/h1-12H,(H,24,25,26,28). The minimum absolute atomic E-state index is 0.127. The molecule has 0 radical (unpaired) electrons. The van der Waals surface area contributed by atoms with Gasteiger partial charge < -0.3 is 5.32 Å². The number of nitrogens with one attached hydrogen (secondary N) is 1. The summed E-state index contributed by atoms with van der Waals surface area (Å²) < 4.78 is 0. The minimum Gasteiger partial charge on any atom is -0.306 e. The van der Waals surface area contributed by atoms with Crippen LogP contribution >= 0.6 is 0 Å². The Bertz CT molecular complexity index is 1330. The maximum Gasteiger partial charge on any atom is 0.277 e. The zero-order valence-electron chi connectivity index (χ0n) is 15.4. The Balaban J connectivity index is 1.64. The number of amides is 1. The number of pyridine rings is 2. The number of nitro benzene ring substituents is 1. The van der Waals surface area contributed by atoms with Crippen LogP contribution in [0.1, 0.15) is 15.9 Å². The van der Waals surface area contributed by atoms with Crippen molar-refractivity contribution in [1.82, 2.24) is 9.97 Å². The highest BCUT2D eigenvalue weighted by atomic mass is 16.6. The molecule has 0 atom stereocenters. The highest BCUT2D eigenvalue weighted by Gasteiger charge is 2.19. The molecule has 1 N–H and O–H groups in total. The summed E-state index contributed by atoms with van der Waals surface area (Å²) in [6, 6.07) is 19.7. The predicted molar refractivity (Wildman–Crippen MR) is 111 cm³/mol. The summed E-state index contributed by atoms with van der Waals surface area (Å²) >= 11 is 0. The van der Waals surface area contributed by atoms with Gasteiger partial charge in [-0.3, -0.25) is 14.9 Å². The number of benzene rings is 2. The van der Waals surface area contributed by atoms with Gasteiger partial charge in [0.15, 0.2) is 5.65 Å². The van der Waals surface area contributed by atoms with Gasteiger partial charge in [-0.1, -0.05) is 12.1 Å². The summed E-state index contributed by atoms with van der Waals surface area (Å²) in [5.41, 5.74) is 1.79. The smallest absolute Gasteiger partial charge is 0.277 e. The lowest BCUT2D eigenvalue weighted by Crippen LogP contribution is -2.13. The zero-order chi connectivity index (χ0) is 21.1. The number of rotatable bonds is 4. The van der Waals surface area contributed by atoms with Crippen molar-refractivity contribution in [3.63, 3.8) is 0 Å². The van der Waals surface area contributed by atoms with Crippen molar-refractivity contribution < 1.29 is 9.72 Å². The van der Waals surface area contributed by atoms with Crippen molar-refractivity contribution in [3.8, 4) is 17.2 Å². The zero-order valence-corrected chi connectivity index (χ0v) is 15.4. The molecule has 2 heterocycles. The number of nitro groups is 1. The van der Waals surface area contributed by atoms with E-state index >= 15 is 0 Å². The van der Waals surface area contributed by atoms with E-state index < -0.39 is 10.8 Å². The molecule has 0 spiro atoms. The number of carbonyl (C=O) groups is 1. The first-order valence-electron chi connectivity index (χ1n) is 8.87. The summed E-state index contributed by atoms with van der Waals surface area (Å²) in [5.74, 6) is -0.225. The van der Waals surface area contributed by atoms with Gasteiger partial charge in [-0.15, -0.1) is 0 Å². The molecule has 0 bridgehead atoms. The van der Waals surface area contributed by atoms with Crippen LogP contribution in [0.2, 0.25) is 0 Å². The van der Waals surface area contributed by atoms with Gasteiger partial charge in [0.2, 0.25) is 0 Å². The fourth-order valence-electron chi connectivity index (χ4n) is 3.00. The fourth-order valence-corrected chi connectivity index (χ4v) is 3.00. The van der Waals surface area contributed by atoms with Gasteiger partial charge in [0.1, 0.15) is 5.82 Å². The molecule has 2 aromatic carbocycles. The van der Waals surface area contributed by atoms with Crippen LogP contribution in [0.25, 0.3) is 22.2 Å². The van der Waals surface area contributed by atoms with Crippen LogP contribution in [-0.2, 0) is 0 Å². The van der Waals surface area contributed by atoms with Crippen molar-refractivity contribution in [1.29, 1.82) is 5.26 Å². The number of anilines is 1. The van der Waals surface area contributed by atoms with E-state index in [1.807, 2.05) is 12.1 Å². The molecule has 0 fully saturated rings. The Morgan fingerprint density at radius 3 is 2.60 bits per heavy atom. The van der Waals surface area contributed by atoms with E-state index in [1.165, 1.54) is 18.2 Å². The number of nitriles is 1. The Morgan fingerprint density at radius 1 is 1.07 bits per heavy atom. The molecule has 8 heteroatoms. The first-order valence-corrected chi connectivity index (χ1v) is 8.87. The Morgan fingerprint density at radius 2 is 1.87 bits per heavy atom. The molecular formula is C22H13N5O3. The van der Waals surface area contributed by atoms with Gasteiger partial charge >= 0.3 is 0 Å². The Hall–Kier alpha value is -4.64. The summed E-state index contributed by atoms with van der Waals surface area (Å²) in [6.07, 6.45) is 1.60. The molecule has 0 aliphatic rings. The molecule has 0 aliphatic carbocycles. The van der Waals surface area contributed by atoms with Crippen LogP contribution < -0.4 is 5.32 Å². The number of carbonyl (C=O) groups excluding carboxylic acids is 1. The van der Waals surface area contributed by atoms with E-state index in [9.17, 15) is 14.9 Å². The molecule has 30 heavy (non-hydrogen) atoms. The van der Waals surface area contributed by atoms with Crippen LogP contribution in [0.3, 0.4) is 0 Å². The summed E-state index contributed by atoms with van der Waals surface area (Å²) in [5, 5.41) is 24.0. The SMILES string of the molecule is N#Cc1ccc(-c2ccc(C(=O)Nc3ccc4cccnc4n3)cc2[N+](=O)[O-])cc1. The number of hydrogen-bond acceptors (Lipinski definition) is 6. The van der Waals surface area contributed by atoms with Crippen LogP contribution in [0, 0.1) is 21.4 Å². The molecule has 0 unspecified atom stereocenters. The monoisotopic (exact) mass is 395 g/mol. The topological polar surface area (TPSA) is 122 Å². The van der Waals surface area contributed by atoms with E-state index in [2.05, 4.69) is 15.3 Å². The normalized spacial score (nSPS) is 10.4. The third-order valence-electron chi connectivity index (χ3n) is 4.49. The van der Waals surface area contributed by atoms with Gasteiger partial charge in [-0.05, 0) is 54.1 Å². The molecule has 0 saturated heterocycles. The van der Waals surface area contributed by atoms with Gasteiger partial charge in [0, 0.05) is 23.2 Å². The number of fused-ring (bicyclic) bond motifs is 1. The lowest BCUT2D eigenvalue weighted by Gasteiger charge is -2.08. The molecular weight excluding hydrogens is 382 g/mol. The second kappa shape index (κ2) is 7.77. The van der Waals surface area contributed by atoms with E-state index in [0.717, 1.165) is 5.39 Å². The van der Waals surface area contributed by atoms with Gasteiger partial charge in [-0.25, -0.2) is 9.97 Å². The van der Waals surface area contributed by atoms with Crippen molar-refractivity contribution in [2.24, 2.45) is 0 Å². The first-order chi connectivity index (χ1) is 14.5. The molecule has 4 aromatic rings. The molecule has 0 saturated carbocycles. The van der Waals surface area contributed by atoms with Crippen LogP contribution in [0.4, 0.5) is 11.5 Å². The van der Waals surface area contributed by atoms with Crippen molar-refractivity contribution in [2.75, 3.05) is 5.32 Å². The largest absolute Gasteiger partial charge is 0.306 e. The summed E-state index contributed by atoms with van der Waals surface area (Å²) in [7, 11) is 0.